The van der Waals surface area contributed by atoms with Crippen LogP contribution in [-0.2, 0) is 0 Å². The third kappa shape index (κ3) is 3.70. The Hall–Kier alpha value is -2.48. The largest absolute Gasteiger partial charge is 0.425 e. The molecule has 0 unspecified atom stereocenters. The van der Waals surface area contributed by atoms with Crippen molar-refractivity contribution in [3.05, 3.63) is 50.7 Å². The van der Waals surface area contributed by atoms with Crippen LogP contribution in [0.15, 0.2) is 22.6 Å². The summed E-state index contributed by atoms with van der Waals surface area (Å²) in [4.78, 5) is 24.7. The van der Waals surface area contributed by atoms with Gasteiger partial charge in [0.05, 0.1) is 15.5 Å². The summed E-state index contributed by atoms with van der Waals surface area (Å²) in [6.45, 7) is 4.98. The van der Waals surface area contributed by atoms with Crippen molar-refractivity contribution >= 4 is 23.2 Å². The Morgan fingerprint density at radius 1 is 1.35 bits per heavy atom. The average Bonchev–Trinajstić information content (AvgIpc) is 3.12. The maximum Gasteiger partial charge on any atom is 0.270 e. The van der Waals surface area contributed by atoms with Gasteiger partial charge in [-0.15, -0.1) is 10.2 Å². The summed E-state index contributed by atoms with van der Waals surface area (Å²) in [7, 11) is 0. The van der Waals surface area contributed by atoms with E-state index in [1.54, 1.807) is 4.90 Å². The van der Waals surface area contributed by atoms with E-state index in [2.05, 4.69) is 10.2 Å². The summed E-state index contributed by atoms with van der Waals surface area (Å²) in [6, 6.07) is 3.89. The van der Waals surface area contributed by atoms with E-state index in [4.69, 9.17) is 16.0 Å². The normalized spacial score (nSPS) is 15.5. The number of nitrogens with zero attached hydrogens (tertiary/aromatic N) is 4. The fourth-order valence-corrected chi connectivity index (χ4v) is 3.13. The molecule has 0 bridgehead atoms. The fourth-order valence-electron chi connectivity index (χ4n) is 2.94. The lowest BCUT2D eigenvalue weighted by Crippen LogP contribution is -2.38. The molecule has 9 heteroatoms. The van der Waals surface area contributed by atoms with Crippen LogP contribution in [0, 0.1) is 10.1 Å². The zero-order valence-electron chi connectivity index (χ0n) is 14.5. The van der Waals surface area contributed by atoms with E-state index < -0.39 is 4.92 Å². The van der Waals surface area contributed by atoms with Gasteiger partial charge in [-0.2, -0.15) is 0 Å². The van der Waals surface area contributed by atoms with Gasteiger partial charge in [0.2, 0.25) is 11.8 Å². The van der Waals surface area contributed by atoms with Crippen molar-refractivity contribution in [3.8, 4) is 0 Å². The molecule has 0 aliphatic carbocycles. The zero-order valence-corrected chi connectivity index (χ0v) is 15.3. The Morgan fingerprint density at radius 2 is 2.04 bits per heavy atom. The monoisotopic (exact) mass is 378 g/mol. The van der Waals surface area contributed by atoms with Crippen molar-refractivity contribution in [1.82, 2.24) is 15.1 Å². The van der Waals surface area contributed by atoms with Crippen LogP contribution < -0.4 is 0 Å². The molecule has 0 saturated carbocycles. The van der Waals surface area contributed by atoms with E-state index in [1.165, 1.54) is 18.2 Å². The van der Waals surface area contributed by atoms with E-state index in [9.17, 15) is 14.9 Å². The van der Waals surface area contributed by atoms with E-state index in [1.807, 2.05) is 13.8 Å². The van der Waals surface area contributed by atoms with Gasteiger partial charge in [-0.25, -0.2) is 0 Å². The molecule has 26 heavy (non-hydrogen) atoms. The third-order valence-electron chi connectivity index (χ3n) is 4.47. The maximum absolute atomic E-state index is 12.7. The molecule has 0 N–H and O–H groups in total. The van der Waals surface area contributed by atoms with Crippen LogP contribution in [0.4, 0.5) is 5.69 Å². The predicted octanol–water partition coefficient (Wildman–Crippen LogP) is 3.77. The van der Waals surface area contributed by atoms with Crippen molar-refractivity contribution in [2.24, 2.45) is 0 Å². The number of benzene rings is 1. The highest BCUT2D eigenvalue weighted by molar-refractivity contribution is 6.33. The number of aromatic nitrogens is 2. The topological polar surface area (TPSA) is 102 Å². The summed E-state index contributed by atoms with van der Waals surface area (Å²) >= 11 is 6.07. The molecule has 8 nitrogen and oxygen atoms in total. The Balaban J connectivity index is 1.68. The van der Waals surface area contributed by atoms with E-state index in [-0.39, 0.29) is 34.0 Å². The summed E-state index contributed by atoms with van der Waals surface area (Å²) in [6.07, 6.45) is 1.38. The van der Waals surface area contributed by atoms with Crippen molar-refractivity contribution in [1.29, 1.82) is 0 Å². The van der Waals surface area contributed by atoms with Crippen LogP contribution in [0.25, 0.3) is 0 Å². The molecular formula is C17H19ClN4O4. The van der Waals surface area contributed by atoms with Crippen LogP contribution in [0.3, 0.4) is 0 Å². The summed E-state index contributed by atoms with van der Waals surface area (Å²) < 4.78 is 5.70. The molecule has 1 fully saturated rings. The molecule has 3 rings (SSSR count). The van der Waals surface area contributed by atoms with Gasteiger partial charge in [0.1, 0.15) is 0 Å². The van der Waals surface area contributed by atoms with Gasteiger partial charge in [0.15, 0.2) is 0 Å². The number of amides is 1. The molecule has 0 spiro atoms. The molecule has 1 amide bonds. The smallest absolute Gasteiger partial charge is 0.270 e. The molecule has 0 radical (unpaired) electrons. The third-order valence-corrected chi connectivity index (χ3v) is 4.80. The minimum atomic E-state index is -0.540. The van der Waals surface area contributed by atoms with Gasteiger partial charge >= 0.3 is 0 Å². The Morgan fingerprint density at radius 3 is 2.62 bits per heavy atom. The number of carbonyl (C=O) groups excluding carboxylic acids is 1. The highest BCUT2D eigenvalue weighted by atomic mass is 35.5. The fraction of sp³-hybridized carbons (Fsp3) is 0.471. The van der Waals surface area contributed by atoms with Crippen LogP contribution in [0.5, 0.6) is 0 Å². The second-order valence-electron chi connectivity index (χ2n) is 6.62. The summed E-state index contributed by atoms with van der Waals surface area (Å²) in [5, 5.41) is 19.3. The summed E-state index contributed by atoms with van der Waals surface area (Å²) in [5.41, 5.74) is -0.00101. The van der Waals surface area contributed by atoms with Crippen LogP contribution in [0.2, 0.25) is 5.02 Å². The molecule has 1 aromatic carbocycles. The Kier molecular flexibility index (Phi) is 5.22. The number of hydrogen-bond acceptors (Lipinski definition) is 6. The molecule has 1 saturated heterocycles. The number of piperidine rings is 1. The average molecular weight is 379 g/mol. The molecule has 1 aliphatic heterocycles. The first kappa shape index (κ1) is 18.3. The number of rotatable bonds is 4. The Labute approximate surface area is 155 Å². The van der Waals surface area contributed by atoms with E-state index >= 15 is 0 Å². The van der Waals surface area contributed by atoms with Crippen molar-refractivity contribution in [2.45, 2.75) is 38.5 Å². The van der Waals surface area contributed by atoms with Crippen LogP contribution in [-0.4, -0.2) is 39.0 Å². The molecule has 1 aliphatic rings. The van der Waals surface area contributed by atoms with Gasteiger partial charge < -0.3 is 9.32 Å². The molecule has 138 valence electrons. The van der Waals surface area contributed by atoms with Gasteiger partial charge in [-0.1, -0.05) is 25.4 Å². The highest BCUT2D eigenvalue weighted by Gasteiger charge is 2.29. The minimum absolute atomic E-state index is 0.111. The quantitative estimate of drug-likeness (QED) is 0.592. The van der Waals surface area contributed by atoms with Crippen LogP contribution in [0.1, 0.15) is 60.7 Å². The van der Waals surface area contributed by atoms with E-state index in [0.717, 1.165) is 0 Å². The maximum atomic E-state index is 12.7. The van der Waals surface area contributed by atoms with Crippen molar-refractivity contribution in [3.63, 3.8) is 0 Å². The Bertz CT molecular complexity index is 828. The van der Waals surface area contributed by atoms with Gasteiger partial charge in [-0.05, 0) is 18.9 Å². The SMILES string of the molecule is CC(C)c1nnc(C2CCN(C(=O)c3cc([N+](=O)[O-])ccc3Cl)CC2)o1. The van der Waals surface area contributed by atoms with E-state index in [0.29, 0.717) is 37.7 Å². The number of non-ortho nitro benzene ring substituents is 1. The van der Waals surface area contributed by atoms with Crippen molar-refractivity contribution in [2.75, 3.05) is 13.1 Å². The molecular weight excluding hydrogens is 360 g/mol. The minimum Gasteiger partial charge on any atom is -0.425 e. The van der Waals surface area contributed by atoms with Crippen molar-refractivity contribution < 1.29 is 14.1 Å². The van der Waals surface area contributed by atoms with Gasteiger partial charge in [0.25, 0.3) is 11.6 Å². The number of likely N-dealkylation sites (tertiary alicyclic amines) is 1. The van der Waals surface area contributed by atoms with Crippen LogP contribution >= 0.6 is 11.6 Å². The molecule has 2 heterocycles. The first-order valence-corrected chi connectivity index (χ1v) is 8.81. The zero-order chi connectivity index (χ0) is 18.8. The molecule has 0 atom stereocenters. The lowest BCUT2D eigenvalue weighted by molar-refractivity contribution is -0.384. The molecule has 1 aromatic heterocycles. The molecule has 2 aromatic rings. The lowest BCUT2D eigenvalue weighted by atomic mass is 9.96. The number of halogens is 1. The number of nitro groups is 1. The second-order valence-corrected chi connectivity index (χ2v) is 7.03. The first-order valence-electron chi connectivity index (χ1n) is 8.43. The lowest BCUT2D eigenvalue weighted by Gasteiger charge is -2.30. The first-order chi connectivity index (χ1) is 12.4. The number of carbonyl (C=O) groups is 1. The van der Waals surface area contributed by atoms with Gasteiger partial charge in [-0.3, -0.25) is 14.9 Å². The predicted molar refractivity (Wildman–Crippen MR) is 94.4 cm³/mol. The summed E-state index contributed by atoms with van der Waals surface area (Å²) in [5.74, 6) is 1.20. The highest BCUT2D eigenvalue weighted by Crippen LogP contribution is 2.30. The number of hydrogen-bond donors (Lipinski definition) is 0. The second kappa shape index (κ2) is 7.41. The standard InChI is InChI=1S/C17H19ClN4O4/c1-10(2)15-19-20-16(26-15)11-5-7-21(8-6-11)17(23)13-9-12(22(24)25)3-4-14(13)18/h3-4,9-11H,5-8H2,1-2H3. The number of nitro benzene ring substituents is 1. The van der Waals surface area contributed by atoms with Gasteiger partial charge in [0, 0.05) is 37.1 Å².